The number of hydrogen-bond acceptors (Lipinski definition) is 5. The number of likely N-dealkylation sites (tertiary alicyclic amines) is 2. The standard InChI is InChI=1S/C21H23FN4O2/c22-16-9-17(10-23)26(13-16)21(27)14-25-7-5-18(6-8-25)28-20-12-24-11-15-3-1-2-4-19(15)20/h1-4,11-12,16-18H,5-9,13-14H2/t16-,17?/m0/s1. The summed E-state index contributed by atoms with van der Waals surface area (Å²) in [5.41, 5.74) is 0. The van der Waals surface area contributed by atoms with Gasteiger partial charge < -0.3 is 9.64 Å². The predicted octanol–water partition coefficient (Wildman–Crippen LogP) is 2.54. The summed E-state index contributed by atoms with van der Waals surface area (Å²) >= 11 is 0. The number of piperidine rings is 1. The van der Waals surface area contributed by atoms with Gasteiger partial charge in [-0.05, 0) is 12.8 Å². The topological polar surface area (TPSA) is 69.5 Å². The lowest BCUT2D eigenvalue weighted by Gasteiger charge is -2.33. The zero-order chi connectivity index (χ0) is 19.5. The van der Waals surface area contributed by atoms with Gasteiger partial charge in [-0.3, -0.25) is 14.7 Å². The second kappa shape index (κ2) is 8.11. The quantitative estimate of drug-likeness (QED) is 0.813. The van der Waals surface area contributed by atoms with Crippen LogP contribution in [0.4, 0.5) is 4.39 Å². The average molecular weight is 382 g/mol. The average Bonchev–Trinajstić information content (AvgIpc) is 3.11. The molecule has 6 nitrogen and oxygen atoms in total. The highest BCUT2D eigenvalue weighted by Crippen LogP contribution is 2.27. The molecule has 2 saturated heterocycles. The summed E-state index contributed by atoms with van der Waals surface area (Å²) in [4.78, 5) is 20.2. The van der Waals surface area contributed by atoms with Gasteiger partial charge >= 0.3 is 0 Å². The monoisotopic (exact) mass is 382 g/mol. The lowest BCUT2D eigenvalue weighted by Crippen LogP contribution is -2.46. The molecule has 0 spiro atoms. The predicted molar refractivity (Wildman–Crippen MR) is 102 cm³/mol. The molecule has 0 bridgehead atoms. The number of carbonyl (C=O) groups is 1. The van der Waals surface area contributed by atoms with Gasteiger partial charge in [-0.2, -0.15) is 5.26 Å². The number of nitrogens with zero attached hydrogens (tertiary/aromatic N) is 4. The third-order valence-electron chi connectivity index (χ3n) is 5.54. The number of nitriles is 1. The molecule has 2 aliphatic rings. The lowest BCUT2D eigenvalue weighted by molar-refractivity contribution is -0.133. The highest BCUT2D eigenvalue weighted by Gasteiger charge is 2.36. The molecule has 28 heavy (non-hydrogen) atoms. The SMILES string of the molecule is N#CC1C[C@H](F)CN1C(=O)CN1CCC(Oc2cncc3ccccc23)CC1. The Morgan fingerprint density at radius 3 is 2.86 bits per heavy atom. The van der Waals surface area contributed by atoms with Crippen LogP contribution in [0.2, 0.25) is 0 Å². The third-order valence-corrected chi connectivity index (χ3v) is 5.54. The molecule has 1 amide bonds. The third kappa shape index (κ3) is 3.92. The minimum absolute atomic E-state index is 0.0325. The van der Waals surface area contributed by atoms with Crippen molar-refractivity contribution in [3.63, 3.8) is 0 Å². The number of benzene rings is 1. The number of amides is 1. The van der Waals surface area contributed by atoms with Crippen LogP contribution in [0.25, 0.3) is 10.8 Å². The van der Waals surface area contributed by atoms with Crippen molar-refractivity contribution in [1.82, 2.24) is 14.8 Å². The summed E-state index contributed by atoms with van der Waals surface area (Å²) in [5.74, 6) is 0.625. The zero-order valence-corrected chi connectivity index (χ0v) is 15.6. The molecule has 2 fully saturated rings. The first kappa shape index (κ1) is 18.6. The first-order chi connectivity index (χ1) is 13.6. The summed E-state index contributed by atoms with van der Waals surface area (Å²) in [6, 6.07) is 9.40. The molecule has 1 unspecified atom stereocenters. The summed E-state index contributed by atoms with van der Waals surface area (Å²) in [5, 5.41) is 11.2. The van der Waals surface area contributed by atoms with Gasteiger partial charge in [-0.15, -0.1) is 0 Å². The Kier molecular flexibility index (Phi) is 5.40. The second-order valence-corrected chi connectivity index (χ2v) is 7.48. The molecule has 2 aromatic rings. The normalized spacial score (nSPS) is 23.6. The first-order valence-corrected chi connectivity index (χ1v) is 9.69. The summed E-state index contributed by atoms with van der Waals surface area (Å²) in [7, 11) is 0. The molecule has 0 aliphatic carbocycles. The Balaban J connectivity index is 1.31. The van der Waals surface area contributed by atoms with Crippen LogP contribution >= 0.6 is 0 Å². The van der Waals surface area contributed by atoms with Crippen LogP contribution in [0.3, 0.4) is 0 Å². The molecule has 1 aromatic carbocycles. The number of pyridine rings is 1. The van der Waals surface area contributed by atoms with Gasteiger partial charge in [-0.1, -0.05) is 24.3 Å². The van der Waals surface area contributed by atoms with Gasteiger partial charge in [0.05, 0.1) is 25.4 Å². The Bertz CT molecular complexity index is 886. The first-order valence-electron chi connectivity index (χ1n) is 9.69. The maximum absolute atomic E-state index is 13.5. The number of fused-ring (bicyclic) bond motifs is 1. The van der Waals surface area contributed by atoms with E-state index >= 15 is 0 Å². The minimum Gasteiger partial charge on any atom is -0.488 e. The molecule has 3 heterocycles. The minimum atomic E-state index is -1.10. The molecule has 0 radical (unpaired) electrons. The van der Waals surface area contributed by atoms with E-state index in [4.69, 9.17) is 10.00 Å². The van der Waals surface area contributed by atoms with E-state index in [9.17, 15) is 9.18 Å². The van der Waals surface area contributed by atoms with Crippen LogP contribution in [-0.2, 0) is 4.79 Å². The van der Waals surface area contributed by atoms with Crippen LogP contribution in [0.5, 0.6) is 5.75 Å². The van der Waals surface area contributed by atoms with Crippen LogP contribution < -0.4 is 4.74 Å². The van der Waals surface area contributed by atoms with Gasteiger partial charge in [0.25, 0.3) is 0 Å². The molecule has 0 saturated carbocycles. The van der Waals surface area contributed by atoms with Gasteiger partial charge in [0, 0.05) is 36.5 Å². The highest BCUT2D eigenvalue weighted by atomic mass is 19.1. The molecular formula is C21H23FN4O2. The van der Waals surface area contributed by atoms with E-state index in [0.29, 0.717) is 0 Å². The van der Waals surface area contributed by atoms with Crippen LogP contribution in [0, 0.1) is 11.3 Å². The Morgan fingerprint density at radius 2 is 2.07 bits per heavy atom. The van der Waals surface area contributed by atoms with E-state index in [2.05, 4.69) is 9.88 Å². The number of ether oxygens (including phenoxy) is 1. The molecule has 2 aliphatic heterocycles. The van der Waals surface area contributed by atoms with E-state index in [0.717, 1.165) is 42.5 Å². The van der Waals surface area contributed by atoms with E-state index < -0.39 is 12.2 Å². The number of halogens is 1. The van der Waals surface area contributed by atoms with Crippen LogP contribution in [0.15, 0.2) is 36.7 Å². The Hall–Kier alpha value is -2.72. The maximum Gasteiger partial charge on any atom is 0.237 e. The molecule has 0 N–H and O–H groups in total. The molecule has 2 atom stereocenters. The van der Waals surface area contributed by atoms with Crippen molar-refractivity contribution in [2.45, 2.75) is 37.6 Å². The zero-order valence-electron chi connectivity index (χ0n) is 15.6. The van der Waals surface area contributed by atoms with E-state index in [1.807, 2.05) is 36.5 Å². The van der Waals surface area contributed by atoms with Gasteiger partial charge in [0.1, 0.15) is 24.1 Å². The van der Waals surface area contributed by atoms with Gasteiger partial charge in [-0.25, -0.2) is 4.39 Å². The van der Waals surface area contributed by atoms with E-state index in [-0.39, 0.29) is 31.5 Å². The smallest absolute Gasteiger partial charge is 0.237 e. The van der Waals surface area contributed by atoms with Crippen molar-refractivity contribution in [3.8, 4) is 11.8 Å². The lowest BCUT2D eigenvalue weighted by atomic mass is 10.1. The van der Waals surface area contributed by atoms with Crippen molar-refractivity contribution in [3.05, 3.63) is 36.7 Å². The van der Waals surface area contributed by atoms with E-state index in [1.54, 1.807) is 6.20 Å². The largest absolute Gasteiger partial charge is 0.488 e. The number of rotatable bonds is 4. The highest BCUT2D eigenvalue weighted by molar-refractivity contribution is 5.87. The number of alkyl halides is 1. The Morgan fingerprint density at radius 1 is 1.29 bits per heavy atom. The van der Waals surface area contributed by atoms with Crippen LogP contribution in [0.1, 0.15) is 19.3 Å². The molecule has 146 valence electrons. The van der Waals surface area contributed by atoms with E-state index in [1.165, 1.54) is 4.90 Å². The number of aromatic nitrogens is 1. The van der Waals surface area contributed by atoms with Crippen molar-refractivity contribution in [1.29, 1.82) is 5.26 Å². The van der Waals surface area contributed by atoms with Gasteiger partial charge in [0.2, 0.25) is 5.91 Å². The van der Waals surface area contributed by atoms with Gasteiger partial charge in [0.15, 0.2) is 0 Å². The summed E-state index contributed by atoms with van der Waals surface area (Å²) in [6.07, 6.45) is 4.30. The number of carbonyl (C=O) groups excluding carboxylic acids is 1. The fourth-order valence-corrected chi connectivity index (χ4v) is 4.01. The Labute approximate surface area is 163 Å². The maximum atomic E-state index is 13.5. The fourth-order valence-electron chi connectivity index (χ4n) is 4.01. The van der Waals surface area contributed by atoms with Crippen molar-refractivity contribution in [2.75, 3.05) is 26.2 Å². The molecular weight excluding hydrogens is 359 g/mol. The van der Waals surface area contributed by atoms with Crippen molar-refractivity contribution in [2.24, 2.45) is 0 Å². The molecule has 1 aromatic heterocycles. The fraction of sp³-hybridized carbons (Fsp3) is 0.476. The number of hydrogen-bond donors (Lipinski definition) is 0. The summed E-state index contributed by atoms with van der Waals surface area (Å²) < 4.78 is 19.7. The van der Waals surface area contributed by atoms with Crippen molar-refractivity contribution >= 4 is 16.7 Å². The second-order valence-electron chi connectivity index (χ2n) is 7.48. The molecule has 7 heteroatoms. The molecule has 4 rings (SSSR count). The van der Waals surface area contributed by atoms with Crippen molar-refractivity contribution < 1.29 is 13.9 Å². The van der Waals surface area contributed by atoms with Crippen LogP contribution in [-0.4, -0.2) is 65.2 Å². The summed E-state index contributed by atoms with van der Waals surface area (Å²) in [6.45, 7) is 1.73.